The standard InChI is InChI=1S/C18H21N3O3/c19-18(23)24-14-6-8-20(9-7-14)10-13-11-21-16(22)5-4-12-2-1-3-15(13)17(12)21/h1-5,13-14H,6-11H2,(H2,19,23). The summed E-state index contributed by atoms with van der Waals surface area (Å²) in [6, 6.07) is 9.83. The molecule has 2 aliphatic rings. The van der Waals surface area contributed by atoms with Gasteiger partial charge in [-0.2, -0.15) is 0 Å². The molecule has 1 fully saturated rings. The Kier molecular flexibility index (Phi) is 3.76. The summed E-state index contributed by atoms with van der Waals surface area (Å²) in [4.78, 5) is 25.4. The number of nitrogens with zero attached hydrogens (tertiary/aromatic N) is 2. The first-order valence-corrected chi connectivity index (χ1v) is 8.43. The van der Waals surface area contributed by atoms with Gasteiger partial charge in [0.1, 0.15) is 6.10 Å². The zero-order valence-electron chi connectivity index (χ0n) is 13.5. The molecule has 2 aliphatic heterocycles. The minimum atomic E-state index is -0.689. The van der Waals surface area contributed by atoms with Crippen LogP contribution in [0, 0.1) is 0 Å². The number of primary amides is 1. The molecule has 0 bridgehead atoms. The van der Waals surface area contributed by atoms with Crippen LogP contribution in [0.25, 0.3) is 10.9 Å². The molecule has 6 heteroatoms. The van der Waals surface area contributed by atoms with Crippen molar-refractivity contribution in [3.63, 3.8) is 0 Å². The summed E-state index contributed by atoms with van der Waals surface area (Å²) in [5, 5.41) is 1.13. The number of rotatable bonds is 3. The first-order valence-electron chi connectivity index (χ1n) is 8.43. The van der Waals surface area contributed by atoms with Gasteiger partial charge in [0.25, 0.3) is 5.56 Å². The van der Waals surface area contributed by atoms with Crippen LogP contribution in [0.1, 0.15) is 24.3 Å². The average Bonchev–Trinajstić information content (AvgIpc) is 2.93. The third-order valence-corrected chi connectivity index (χ3v) is 5.18. The quantitative estimate of drug-likeness (QED) is 0.930. The van der Waals surface area contributed by atoms with Crippen molar-refractivity contribution in [2.75, 3.05) is 19.6 Å². The van der Waals surface area contributed by atoms with Crippen LogP contribution >= 0.6 is 0 Å². The van der Waals surface area contributed by atoms with Gasteiger partial charge in [0.2, 0.25) is 0 Å². The highest BCUT2D eigenvalue weighted by Gasteiger charge is 2.29. The van der Waals surface area contributed by atoms with Crippen LogP contribution in [-0.2, 0) is 11.3 Å². The lowest BCUT2D eigenvalue weighted by atomic mass is 9.98. The largest absolute Gasteiger partial charge is 0.446 e. The van der Waals surface area contributed by atoms with Crippen molar-refractivity contribution in [3.8, 4) is 0 Å². The molecule has 1 aromatic carbocycles. The lowest BCUT2D eigenvalue weighted by Gasteiger charge is -2.32. The average molecular weight is 327 g/mol. The molecular weight excluding hydrogens is 306 g/mol. The van der Waals surface area contributed by atoms with Crippen molar-refractivity contribution < 1.29 is 9.53 Å². The Labute approximate surface area is 139 Å². The maximum absolute atomic E-state index is 12.2. The molecular formula is C18H21N3O3. The Morgan fingerprint density at radius 3 is 2.75 bits per heavy atom. The van der Waals surface area contributed by atoms with Crippen molar-refractivity contribution in [2.45, 2.75) is 31.4 Å². The fourth-order valence-corrected chi connectivity index (χ4v) is 4.06. The summed E-state index contributed by atoms with van der Waals surface area (Å²) in [6.07, 6.45) is 0.871. The predicted octanol–water partition coefficient (Wildman–Crippen LogP) is 1.66. The Morgan fingerprint density at radius 1 is 1.21 bits per heavy atom. The number of carbonyl (C=O) groups is 1. The zero-order chi connectivity index (χ0) is 16.7. The van der Waals surface area contributed by atoms with Gasteiger partial charge in [-0.15, -0.1) is 0 Å². The fraction of sp³-hybridized carbons (Fsp3) is 0.444. The van der Waals surface area contributed by atoms with E-state index in [4.69, 9.17) is 10.5 Å². The lowest BCUT2D eigenvalue weighted by Crippen LogP contribution is -2.40. The molecule has 1 unspecified atom stereocenters. The second-order valence-electron chi connectivity index (χ2n) is 6.70. The maximum atomic E-state index is 12.2. The third-order valence-electron chi connectivity index (χ3n) is 5.18. The fourth-order valence-electron chi connectivity index (χ4n) is 4.06. The van der Waals surface area contributed by atoms with Crippen LogP contribution in [0.3, 0.4) is 0 Å². The van der Waals surface area contributed by atoms with E-state index >= 15 is 0 Å². The van der Waals surface area contributed by atoms with Crippen LogP contribution in [-0.4, -0.2) is 41.3 Å². The van der Waals surface area contributed by atoms with E-state index in [0.29, 0.717) is 5.92 Å². The van der Waals surface area contributed by atoms with E-state index in [1.54, 1.807) is 6.07 Å². The third kappa shape index (κ3) is 2.67. The Bertz CT molecular complexity index is 837. The van der Waals surface area contributed by atoms with Crippen LogP contribution in [0.4, 0.5) is 4.79 Å². The molecule has 4 rings (SSSR count). The van der Waals surface area contributed by atoms with Crippen LogP contribution < -0.4 is 11.3 Å². The summed E-state index contributed by atoms with van der Waals surface area (Å²) in [5.41, 5.74) is 7.51. The number of benzene rings is 1. The molecule has 6 nitrogen and oxygen atoms in total. The number of amides is 1. The molecule has 0 spiro atoms. The Balaban J connectivity index is 1.48. The first-order chi connectivity index (χ1) is 11.6. The summed E-state index contributed by atoms with van der Waals surface area (Å²) in [6.45, 7) is 3.43. The molecule has 1 atom stereocenters. The monoisotopic (exact) mass is 327 g/mol. The van der Waals surface area contributed by atoms with Gasteiger partial charge < -0.3 is 19.9 Å². The summed E-state index contributed by atoms with van der Waals surface area (Å²) in [5.74, 6) is 0.331. The van der Waals surface area contributed by atoms with Gasteiger partial charge >= 0.3 is 6.09 Å². The Morgan fingerprint density at radius 2 is 2.00 bits per heavy atom. The molecule has 0 radical (unpaired) electrons. The van der Waals surface area contributed by atoms with Gasteiger partial charge in [-0.05, 0) is 29.9 Å². The molecule has 0 saturated carbocycles. The topological polar surface area (TPSA) is 77.6 Å². The van der Waals surface area contributed by atoms with Crippen LogP contribution in [0.5, 0.6) is 0 Å². The molecule has 1 aromatic heterocycles. The minimum absolute atomic E-state index is 0.0643. The molecule has 3 heterocycles. The van der Waals surface area contributed by atoms with Crippen molar-refractivity contribution in [2.24, 2.45) is 5.73 Å². The SMILES string of the molecule is NC(=O)OC1CCN(CC2Cn3c(=O)ccc4cccc2c43)CC1. The van der Waals surface area contributed by atoms with Gasteiger partial charge in [0.05, 0.1) is 5.52 Å². The van der Waals surface area contributed by atoms with Crippen molar-refractivity contribution >= 4 is 17.0 Å². The number of likely N-dealkylation sites (tertiary alicyclic amines) is 1. The van der Waals surface area contributed by atoms with Crippen LogP contribution in [0.2, 0.25) is 0 Å². The molecule has 126 valence electrons. The van der Waals surface area contributed by atoms with E-state index in [1.807, 2.05) is 10.6 Å². The van der Waals surface area contributed by atoms with E-state index in [9.17, 15) is 9.59 Å². The number of piperidine rings is 1. The summed E-state index contributed by atoms with van der Waals surface area (Å²) in [7, 11) is 0. The predicted molar refractivity (Wildman–Crippen MR) is 91.1 cm³/mol. The Hall–Kier alpha value is -2.34. The van der Waals surface area contributed by atoms with Crippen molar-refractivity contribution in [1.82, 2.24) is 9.47 Å². The second kappa shape index (κ2) is 5.94. The number of para-hydroxylation sites is 1. The van der Waals surface area contributed by atoms with E-state index < -0.39 is 6.09 Å². The number of hydrogen-bond donors (Lipinski definition) is 1. The first kappa shape index (κ1) is 15.2. The van der Waals surface area contributed by atoms with Crippen LogP contribution in [0.15, 0.2) is 35.1 Å². The second-order valence-corrected chi connectivity index (χ2v) is 6.70. The lowest BCUT2D eigenvalue weighted by molar-refractivity contribution is 0.0542. The van der Waals surface area contributed by atoms with Gasteiger partial charge in [0, 0.05) is 38.2 Å². The molecule has 2 aromatic rings. The zero-order valence-corrected chi connectivity index (χ0v) is 13.5. The number of carbonyl (C=O) groups excluding carboxylic acids is 1. The molecule has 2 N–H and O–H groups in total. The normalized spacial score (nSPS) is 21.2. The number of hydrogen-bond acceptors (Lipinski definition) is 4. The molecule has 0 aliphatic carbocycles. The molecule has 1 saturated heterocycles. The molecule has 24 heavy (non-hydrogen) atoms. The minimum Gasteiger partial charge on any atom is -0.446 e. The number of ether oxygens (including phenoxy) is 1. The van der Waals surface area contributed by atoms with Gasteiger partial charge in [0.15, 0.2) is 0 Å². The summed E-state index contributed by atoms with van der Waals surface area (Å²) < 4.78 is 6.99. The van der Waals surface area contributed by atoms with E-state index in [1.165, 1.54) is 5.56 Å². The van der Waals surface area contributed by atoms with Gasteiger partial charge in [-0.25, -0.2) is 4.79 Å². The maximum Gasteiger partial charge on any atom is 0.404 e. The van der Waals surface area contributed by atoms with E-state index in [0.717, 1.165) is 49.9 Å². The highest BCUT2D eigenvalue weighted by Crippen LogP contribution is 2.33. The number of aromatic nitrogens is 1. The number of pyridine rings is 1. The van der Waals surface area contributed by atoms with Crippen molar-refractivity contribution in [3.05, 3.63) is 46.2 Å². The highest BCUT2D eigenvalue weighted by molar-refractivity contribution is 5.84. The van der Waals surface area contributed by atoms with E-state index in [2.05, 4.69) is 23.1 Å². The van der Waals surface area contributed by atoms with Gasteiger partial charge in [-0.1, -0.05) is 18.2 Å². The van der Waals surface area contributed by atoms with E-state index in [-0.39, 0.29) is 11.7 Å². The van der Waals surface area contributed by atoms with Crippen molar-refractivity contribution in [1.29, 1.82) is 0 Å². The smallest absolute Gasteiger partial charge is 0.404 e. The number of nitrogens with two attached hydrogens (primary N) is 1. The van der Waals surface area contributed by atoms with Gasteiger partial charge in [-0.3, -0.25) is 4.79 Å². The summed E-state index contributed by atoms with van der Waals surface area (Å²) >= 11 is 0. The molecule has 1 amide bonds. The highest BCUT2D eigenvalue weighted by atomic mass is 16.6.